The minimum Gasteiger partial charge on any atom is -0.311 e. The van der Waals surface area contributed by atoms with Gasteiger partial charge in [-0.1, -0.05) is 28.1 Å². The van der Waals surface area contributed by atoms with Gasteiger partial charge in [0.25, 0.3) is 5.56 Å². The maximum Gasteiger partial charge on any atom is 0.254 e. The summed E-state index contributed by atoms with van der Waals surface area (Å²) in [6, 6.07) is 8.05. The molecule has 0 radical (unpaired) electrons. The van der Waals surface area contributed by atoms with Crippen LogP contribution in [0.4, 0.5) is 0 Å². The molecule has 98 valence electrons. The average molecular weight is 320 g/mol. The molecule has 19 heavy (non-hydrogen) atoms. The molecule has 2 aromatic rings. The minimum atomic E-state index is 0.0126. The van der Waals surface area contributed by atoms with E-state index in [2.05, 4.69) is 31.2 Å². The number of hydrogen-bond donors (Lipinski definition) is 2. The van der Waals surface area contributed by atoms with Crippen molar-refractivity contribution in [3.8, 4) is 0 Å². The van der Waals surface area contributed by atoms with Crippen LogP contribution in [0.1, 0.15) is 22.6 Å². The molecule has 2 heterocycles. The Bertz CT molecular complexity index is 649. The fraction of sp³-hybridized carbons (Fsp3) is 0.286. The predicted octanol–water partition coefficient (Wildman–Crippen LogP) is 1.77. The third kappa shape index (κ3) is 2.77. The van der Waals surface area contributed by atoms with Crippen LogP contribution in [-0.4, -0.2) is 16.5 Å². The van der Waals surface area contributed by atoms with Crippen molar-refractivity contribution in [2.45, 2.75) is 19.4 Å². The first-order valence-electron chi connectivity index (χ1n) is 6.28. The van der Waals surface area contributed by atoms with Gasteiger partial charge in [0.2, 0.25) is 0 Å². The largest absolute Gasteiger partial charge is 0.311 e. The summed E-state index contributed by atoms with van der Waals surface area (Å²) in [6.07, 6.45) is 1.41. The van der Waals surface area contributed by atoms with E-state index in [1.54, 1.807) is 0 Å². The molecule has 0 fully saturated rings. The molecule has 0 saturated carbocycles. The van der Waals surface area contributed by atoms with Gasteiger partial charge >= 0.3 is 0 Å². The number of rotatable bonds is 2. The Morgan fingerprint density at radius 2 is 2.05 bits per heavy atom. The quantitative estimate of drug-likeness (QED) is 0.887. The molecule has 0 amide bonds. The summed E-state index contributed by atoms with van der Waals surface area (Å²) in [4.78, 5) is 19.5. The number of H-pyrrole nitrogens is 1. The van der Waals surface area contributed by atoms with Crippen LogP contribution in [-0.2, 0) is 19.4 Å². The SMILES string of the molecule is O=c1[nH]c(Cc2ccc(Br)cc2)nc2c1CCNC2. The van der Waals surface area contributed by atoms with Crippen molar-refractivity contribution >= 4 is 15.9 Å². The standard InChI is InChI=1S/C14H14BrN3O/c15-10-3-1-9(2-4-10)7-13-17-12-8-16-6-5-11(12)14(19)18-13/h1-4,16H,5-8H2,(H,17,18,19). The summed E-state index contributed by atoms with van der Waals surface area (Å²) in [5.74, 6) is 0.731. The Hall–Kier alpha value is -1.46. The van der Waals surface area contributed by atoms with Crippen LogP contribution in [0.25, 0.3) is 0 Å². The number of halogens is 1. The Kier molecular flexibility index (Phi) is 3.48. The molecular formula is C14H14BrN3O. The molecule has 1 aliphatic heterocycles. The lowest BCUT2D eigenvalue weighted by atomic mass is 10.1. The van der Waals surface area contributed by atoms with Gasteiger partial charge in [-0.3, -0.25) is 4.79 Å². The second-order valence-corrected chi connectivity index (χ2v) is 5.58. The molecule has 4 nitrogen and oxygen atoms in total. The molecule has 0 unspecified atom stereocenters. The number of fused-ring (bicyclic) bond motifs is 1. The molecule has 1 aromatic heterocycles. The molecule has 5 heteroatoms. The first kappa shape index (κ1) is 12.6. The molecule has 1 aromatic carbocycles. The Balaban J connectivity index is 1.91. The fourth-order valence-electron chi connectivity index (χ4n) is 2.30. The average Bonchev–Trinajstić information content (AvgIpc) is 2.42. The summed E-state index contributed by atoms with van der Waals surface area (Å²) >= 11 is 3.41. The minimum absolute atomic E-state index is 0.0126. The molecule has 0 aliphatic carbocycles. The lowest BCUT2D eigenvalue weighted by molar-refractivity contribution is 0.613. The highest BCUT2D eigenvalue weighted by Gasteiger charge is 2.15. The van der Waals surface area contributed by atoms with Gasteiger partial charge in [-0.25, -0.2) is 4.98 Å². The normalized spacial score (nSPS) is 14.2. The number of nitrogens with zero attached hydrogens (tertiary/aromatic N) is 1. The third-order valence-electron chi connectivity index (χ3n) is 3.28. The van der Waals surface area contributed by atoms with Gasteiger partial charge in [0.05, 0.1) is 5.69 Å². The highest BCUT2D eigenvalue weighted by Crippen LogP contribution is 2.13. The molecule has 2 N–H and O–H groups in total. The van der Waals surface area contributed by atoms with Crippen LogP contribution in [0.5, 0.6) is 0 Å². The highest BCUT2D eigenvalue weighted by atomic mass is 79.9. The maximum atomic E-state index is 12.0. The second kappa shape index (κ2) is 5.27. The smallest absolute Gasteiger partial charge is 0.254 e. The van der Waals surface area contributed by atoms with Crippen molar-refractivity contribution in [2.75, 3.05) is 6.54 Å². The highest BCUT2D eigenvalue weighted by molar-refractivity contribution is 9.10. The zero-order valence-electron chi connectivity index (χ0n) is 10.4. The first-order chi connectivity index (χ1) is 9.22. The van der Waals surface area contributed by atoms with Crippen molar-refractivity contribution in [3.05, 3.63) is 61.7 Å². The molecule has 0 saturated heterocycles. The third-order valence-corrected chi connectivity index (χ3v) is 3.81. The molecule has 0 atom stereocenters. The summed E-state index contributed by atoms with van der Waals surface area (Å²) in [7, 11) is 0. The Morgan fingerprint density at radius 3 is 2.84 bits per heavy atom. The van der Waals surface area contributed by atoms with E-state index in [4.69, 9.17) is 0 Å². The number of nitrogens with one attached hydrogen (secondary N) is 2. The monoisotopic (exact) mass is 319 g/mol. The van der Waals surface area contributed by atoms with E-state index in [0.717, 1.165) is 40.1 Å². The van der Waals surface area contributed by atoms with Crippen LogP contribution in [0.2, 0.25) is 0 Å². The zero-order chi connectivity index (χ0) is 13.2. The number of hydrogen-bond acceptors (Lipinski definition) is 3. The summed E-state index contributed by atoms with van der Waals surface area (Å²) < 4.78 is 1.05. The van der Waals surface area contributed by atoms with Crippen molar-refractivity contribution in [1.82, 2.24) is 15.3 Å². The zero-order valence-corrected chi connectivity index (χ0v) is 12.0. The van der Waals surface area contributed by atoms with E-state index in [1.165, 1.54) is 0 Å². The van der Waals surface area contributed by atoms with E-state index < -0.39 is 0 Å². The molecule has 3 rings (SSSR count). The first-order valence-corrected chi connectivity index (χ1v) is 7.08. The molecule has 0 spiro atoms. The van der Waals surface area contributed by atoms with Gasteiger partial charge in [-0.05, 0) is 30.7 Å². The van der Waals surface area contributed by atoms with Crippen molar-refractivity contribution < 1.29 is 0 Å². The van der Waals surface area contributed by atoms with E-state index in [-0.39, 0.29) is 5.56 Å². The van der Waals surface area contributed by atoms with Crippen molar-refractivity contribution in [2.24, 2.45) is 0 Å². The lowest BCUT2D eigenvalue weighted by Gasteiger charge is -2.15. The van der Waals surface area contributed by atoms with Gasteiger partial charge < -0.3 is 10.3 Å². The second-order valence-electron chi connectivity index (χ2n) is 4.67. The van der Waals surface area contributed by atoms with E-state index in [1.807, 2.05) is 24.3 Å². The van der Waals surface area contributed by atoms with Crippen LogP contribution in [0.3, 0.4) is 0 Å². The van der Waals surface area contributed by atoms with E-state index in [0.29, 0.717) is 13.0 Å². The Labute approximate surface area is 119 Å². The van der Waals surface area contributed by atoms with Gasteiger partial charge in [0.15, 0.2) is 0 Å². The summed E-state index contributed by atoms with van der Waals surface area (Å²) in [6.45, 7) is 1.54. The van der Waals surface area contributed by atoms with E-state index >= 15 is 0 Å². The van der Waals surface area contributed by atoms with Gasteiger partial charge in [0, 0.05) is 23.0 Å². The number of aromatic nitrogens is 2. The predicted molar refractivity (Wildman–Crippen MR) is 77.2 cm³/mol. The summed E-state index contributed by atoms with van der Waals surface area (Å²) in [5, 5.41) is 3.25. The van der Waals surface area contributed by atoms with E-state index in [9.17, 15) is 4.79 Å². The summed E-state index contributed by atoms with van der Waals surface area (Å²) in [5.41, 5.74) is 2.87. The van der Waals surface area contributed by atoms with Crippen molar-refractivity contribution in [1.29, 1.82) is 0 Å². The van der Waals surface area contributed by atoms with Crippen LogP contribution >= 0.6 is 15.9 Å². The van der Waals surface area contributed by atoms with Crippen LogP contribution in [0, 0.1) is 0 Å². The molecule has 0 bridgehead atoms. The van der Waals surface area contributed by atoms with Gasteiger partial charge in [-0.2, -0.15) is 0 Å². The molecule has 1 aliphatic rings. The van der Waals surface area contributed by atoms with Crippen LogP contribution in [0.15, 0.2) is 33.5 Å². The van der Waals surface area contributed by atoms with Crippen LogP contribution < -0.4 is 10.9 Å². The molecular weight excluding hydrogens is 306 g/mol. The Morgan fingerprint density at radius 1 is 1.26 bits per heavy atom. The number of aromatic amines is 1. The maximum absolute atomic E-state index is 12.0. The van der Waals surface area contributed by atoms with Crippen molar-refractivity contribution in [3.63, 3.8) is 0 Å². The topological polar surface area (TPSA) is 57.8 Å². The number of benzene rings is 1. The van der Waals surface area contributed by atoms with Gasteiger partial charge in [-0.15, -0.1) is 0 Å². The fourth-order valence-corrected chi connectivity index (χ4v) is 2.56. The lowest BCUT2D eigenvalue weighted by Crippen LogP contribution is -2.31. The van der Waals surface area contributed by atoms with Gasteiger partial charge in [0.1, 0.15) is 5.82 Å².